The van der Waals surface area contributed by atoms with Gasteiger partial charge in [-0.25, -0.2) is 23.7 Å². The molecule has 1 fully saturated rings. The molecule has 4 rings (SSSR count). The summed E-state index contributed by atoms with van der Waals surface area (Å²) in [6.07, 6.45) is 4.12. The van der Waals surface area contributed by atoms with Crippen molar-refractivity contribution in [2.24, 2.45) is 11.7 Å². The van der Waals surface area contributed by atoms with Gasteiger partial charge in [0.15, 0.2) is 11.6 Å². The van der Waals surface area contributed by atoms with Crippen LogP contribution in [-0.2, 0) is 4.79 Å². The van der Waals surface area contributed by atoms with Crippen LogP contribution in [-0.4, -0.2) is 31.5 Å². The van der Waals surface area contributed by atoms with Crippen LogP contribution in [0.1, 0.15) is 51.4 Å². The van der Waals surface area contributed by atoms with Gasteiger partial charge in [-0.2, -0.15) is 0 Å². The summed E-state index contributed by atoms with van der Waals surface area (Å²) >= 11 is 0. The number of carbonyl (C=O) groups is 1. The number of fused-ring (bicyclic) bond motifs is 1. The maximum Gasteiger partial charge on any atom is 0.230 e. The van der Waals surface area contributed by atoms with Crippen LogP contribution in [0.5, 0.6) is 0 Å². The zero-order valence-corrected chi connectivity index (χ0v) is 17.8. The number of amides is 1. The van der Waals surface area contributed by atoms with E-state index in [-0.39, 0.29) is 46.6 Å². The van der Waals surface area contributed by atoms with Gasteiger partial charge in [0.25, 0.3) is 0 Å². The van der Waals surface area contributed by atoms with E-state index in [9.17, 15) is 13.6 Å². The van der Waals surface area contributed by atoms with Gasteiger partial charge < -0.3 is 10.3 Å². The molecule has 0 unspecified atom stereocenters. The van der Waals surface area contributed by atoms with Gasteiger partial charge in [0.2, 0.25) is 11.9 Å². The molecule has 0 spiro atoms. The summed E-state index contributed by atoms with van der Waals surface area (Å²) in [6, 6.07) is 2.91. The highest BCUT2D eigenvalue weighted by atomic mass is 19.1. The van der Waals surface area contributed by atoms with Crippen molar-refractivity contribution in [1.82, 2.24) is 19.5 Å². The number of anilines is 1. The van der Waals surface area contributed by atoms with Crippen LogP contribution >= 0.6 is 0 Å². The normalized spacial score (nSPS) is 19.2. The van der Waals surface area contributed by atoms with Crippen LogP contribution in [0.3, 0.4) is 0 Å². The Kier molecular flexibility index (Phi) is 5.70. The first kappa shape index (κ1) is 21.3. The summed E-state index contributed by atoms with van der Waals surface area (Å²) in [7, 11) is 0. The Labute approximate surface area is 179 Å². The van der Waals surface area contributed by atoms with Gasteiger partial charge in [-0.1, -0.05) is 6.42 Å². The number of imidazole rings is 1. The van der Waals surface area contributed by atoms with Crippen molar-refractivity contribution >= 4 is 22.9 Å². The Morgan fingerprint density at radius 1 is 1.23 bits per heavy atom. The molecule has 164 valence electrons. The lowest BCUT2D eigenvalue weighted by molar-refractivity contribution is -0.120. The summed E-state index contributed by atoms with van der Waals surface area (Å²) in [5.74, 6) is -1.07. The molecule has 3 N–H and O–H groups in total. The maximum atomic E-state index is 14.8. The first-order valence-corrected chi connectivity index (χ1v) is 10.5. The summed E-state index contributed by atoms with van der Waals surface area (Å²) in [5.41, 5.74) is 6.92. The number of benzene rings is 1. The SMILES string of the molecule is Cc1nc2c(F)cc(-c3nc(NC(=O)[C@H]4CCC[C@@H](N)C4)ncc3F)cc2n1C(C)C. The third-order valence-electron chi connectivity index (χ3n) is 5.78. The van der Waals surface area contributed by atoms with Crippen molar-refractivity contribution in [2.75, 3.05) is 5.32 Å². The van der Waals surface area contributed by atoms with Crippen molar-refractivity contribution in [2.45, 2.75) is 58.5 Å². The van der Waals surface area contributed by atoms with Gasteiger partial charge in [-0.05, 0) is 52.2 Å². The van der Waals surface area contributed by atoms with E-state index in [2.05, 4.69) is 20.3 Å². The molecule has 1 aliphatic rings. The third kappa shape index (κ3) is 4.14. The number of nitrogens with one attached hydrogen (secondary N) is 1. The topological polar surface area (TPSA) is 98.7 Å². The van der Waals surface area contributed by atoms with Crippen LogP contribution in [0.2, 0.25) is 0 Å². The molecule has 2 atom stereocenters. The predicted molar refractivity (Wildman–Crippen MR) is 114 cm³/mol. The Bertz CT molecular complexity index is 1140. The van der Waals surface area contributed by atoms with E-state index in [1.807, 2.05) is 18.4 Å². The summed E-state index contributed by atoms with van der Waals surface area (Å²) < 4.78 is 31.3. The molecular formula is C22H26F2N6O. The summed E-state index contributed by atoms with van der Waals surface area (Å²) in [5, 5.41) is 2.66. The van der Waals surface area contributed by atoms with Crippen molar-refractivity contribution in [3.8, 4) is 11.3 Å². The fourth-order valence-electron chi connectivity index (χ4n) is 4.37. The number of carbonyl (C=O) groups excluding carboxylic acids is 1. The summed E-state index contributed by atoms with van der Waals surface area (Å²) in [4.78, 5) is 25.0. The van der Waals surface area contributed by atoms with E-state index in [0.717, 1.165) is 25.5 Å². The van der Waals surface area contributed by atoms with Crippen LogP contribution < -0.4 is 11.1 Å². The lowest BCUT2D eigenvalue weighted by Crippen LogP contribution is -2.34. The first-order chi connectivity index (χ1) is 14.7. The molecule has 9 heteroatoms. The van der Waals surface area contributed by atoms with E-state index in [4.69, 9.17) is 5.73 Å². The fraction of sp³-hybridized carbons (Fsp3) is 0.455. The Morgan fingerprint density at radius 2 is 2.00 bits per heavy atom. The fourth-order valence-corrected chi connectivity index (χ4v) is 4.37. The Morgan fingerprint density at radius 3 is 2.71 bits per heavy atom. The van der Waals surface area contributed by atoms with E-state index in [0.29, 0.717) is 17.8 Å². The molecule has 0 aliphatic heterocycles. The largest absolute Gasteiger partial charge is 0.328 e. The number of aryl methyl sites for hydroxylation is 1. The van der Waals surface area contributed by atoms with Crippen LogP contribution in [0.15, 0.2) is 18.3 Å². The van der Waals surface area contributed by atoms with Crippen molar-refractivity contribution < 1.29 is 13.6 Å². The van der Waals surface area contributed by atoms with Gasteiger partial charge in [0.05, 0.1) is 11.7 Å². The predicted octanol–water partition coefficient (Wildman–Crippen LogP) is 4.12. The van der Waals surface area contributed by atoms with Crippen LogP contribution in [0, 0.1) is 24.5 Å². The Balaban J connectivity index is 1.69. The molecule has 0 saturated heterocycles. The maximum absolute atomic E-state index is 14.8. The molecule has 3 aromatic rings. The molecule has 2 heterocycles. The number of halogens is 2. The van der Waals surface area contributed by atoms with E-state index >= 15 is 0 Å². The van der Waals surface area contributed by atoms with E-state index in [1.54, 1.807) is 13.0 Å². The quantitative estimate of drug-likeness (QED) is 0.651. The highest BCUT2D eigenvalue weighted by Crippen LogP contribution is 2.30. The standard InChI is InChI=1S/C22H26F2N6O/c1-11(2)30-12(3)27-20-16(23)8-14(9-18(20)30)19-17(24)10-26-22(28-19)29-21(31)13-5-4-6-15(25)7-13/h8-11,13,15H,4-7,25H2,1-3H3,(H,26,28,29,31)/t13-,15+/m0/s1. The molecular weight excluding hydrogens is 402 g/mol. The minimum absolute atomic E-state index is 0.00170. The Hall–Kier alpha value is -2.94. The molecule has 1 saturated carbocycles. The highest BCUT2D eigenvalue weighted by molar-refractivity contribution is 5.91. The molecule has 0 bridgehead atoms. The number of aromatic nitrogens is 4. The summed E-state index contributed by atoms with van der Waals surface area (Å²) in [6.45, 7) is 5.73. The average Bonchev–Trinajstić information content (AvgIpc) is 3.06. The molecule has 1 aromatic carbocycles. The molecule has 1 amide bonds. The minimum atomic E-state index is -0.705. The van der Waals surface area contributed by atoms with Crippen molar-refractivity contribution in [1.29, 1.82) is 0 Å². The van der Waals surface area contributed by atoms with Crippen LogP contribution in [0.25, 0.3) is 22.3 Å². The van der Waals surface area contributed by atoms with Crippen molar-refractivity contribution in [3.63, 3.8) is 0 Å². The monoisotopic (exact) mass is 428 g/mol. The number of hydrogen-bond donors (Lipinski definition) is 2. The highest BCUT2D eigenvalue weighted by Gasteiger charge is 2.26. The zero-order chi connectivity index (χ0) is 22.3. The van der Waals surface area contributed by atoms with Gasteiger partial charge >= 0.3 is 0 Å². The molecule has 1 aliphatic carbocycles. The number of rotatable bonds is 4. The lowest BCUT2D eigenvalue weighted by Gasteiger charge is -2.25. The second-order valence-electron chi connectivity index (χ2n) is 8.45. The minimum Gasteiger partial charge on any atom is -0.328 e. The zero-order valence-electron chi connectivity index (χ0n) is 17.8. The van der Waals surface area contributed by atoms with Gasteiger partial charge in [0, 0.05) is 23.6 Å². The first-order valence-electron chi connectivity index (χ1n) is 10.5. The smallest absolute Gasteiger partial charge is 0.230 e. The van der Waals surface area contributed by atoms with Gasteiger partial charge in [-0.3, -0.25) is 10.1 Å². The average molecular weight is 428 g/mol. The second kappa shape index (κ2) is 8.30. The van der Waals surface area contributed by atoms with Crippen LogP contribution in [0.4, 0.5) is 14.7 Å². The number of nitrogens with zero attached hydrogens (tertiary/aromatic N) is 4. The van der Waals surface area contributed by atoms with Crippen molar-refractivity contribution in [3.05, 3.63) is 35.8 Å². The van der Waals surface area contributed by atoms with E-state index in [1.165, 1.54) is 6.07 Å². The third-order valence-corrected chi connectivity index (χ3v) is 5.78. The number of hydrogen-bond acceptors (Lipinski definition) is 5. The van der Waals surface area contributed by atoms with E-state index < -0.39 is 11.6 Å². The second-order valence-corrected chi connectivity index (χ2v) is 8.45. The molecule has 31 heavy (non-hydrogen) atoms. The number of nitrogens with two attached hydrogens (primary N) is 1. The molecule has 0 radical (unpaired) electrons. The molecule has 7 nitrogen and oxygen atoms in total. The lowest BCUT2D eigenvalue weighted by atomic mass is 9.85. The molecule has 2 aromatic heterocycles. The van der Waals surface area contributed by atoms with Gasteiger partial charge in [-0.15, -0.1) is 0 Å². The van der Waals surface area contributed by atoms with Gasteiger partial charge in [0.1, 0.15) is 17.0 Å².